The van der Waals surface area contributed by atoms with E-state index in [1.807, 2.05) is 16.7 Å². The molecule has 6 nitrogen and oxygen atoms in total. The summed E-state index contributed by atoms with van der Waals surface area (Å²) in [7, 11) is 0. The monoisotopic (exact) mass is 240 g/mol. The molecule has 1 aliphatic rings. The van der Waals surface area contributed by atoms with Gasteiger partial charge in [-0.25, -0.2) is 4.98 Å². The number of pyridine rings is 1. The second-order valence-electron chi connectivity index (χ2n) is 3.44. The average molecular weight is 240 g/mol. The zero-order valence-corrected chi connectivity index (χ0v) is 9.44. The summed E-state index contributed by atoms with van der Waals surface area (Å²) in [5, 5.41) is 10.9. The van der Waals surface area contributed by atoms with E-state index in [4.69, 9.17) is 5.73 Å². The Bertz CT molecular complexity index is 406. The van der Waals surface area contributed by atoms with Crippen LogP contribution >= 0.6 is 11.8 Å². The number of rotatable bonds is 2. The quantitative estimate of drug-likeness (QED) is 0.616. The summed E-state index contributed by atoms with van der Waals surface area (Å²) in [6.07, 6.45) is 0. The molecule has 86 valence electrons. The van der Waals surface area contributed by atoms with Crippen LogP contribution in [0.15, 0.2) is 12.1 Å². The van der Waals surface area contributed by atoms with Crippen molar-refractivity contribution in [3.8, 4) is 0 Å². The van der Waals surface area contributed by atoms with Gasteiger partial charge in [0.1, 0.15) is 5.82 Å². The molecule has 16 heavy (non-hydrogen) atoms. The molecule has 0 unspecified atom stereocenters. The number of nitrogens with two attached hydrogens (primary N) is 1. The largest absolute Gasteiger partial charge is 0.384 e. The molecule has 1 aromatic heterocycles. The lowest BCUT2D eigenvalue weighted by Crippen LogP contribution is -2.33. The van der Waals surface area contributed by atoms with Gasteiger partial charge >= 0.3 is 5.69 Å². The van der Waals surface area contributed by atoms with Gasteiger partial charge in [0.25, 0.3) is 0 Å². The fourth-order valence-corrected chi connectivity index (χ4v) is 2.51. The Hall–Kier alpha value is -1.50. The molecule has 0 aliphatic carbocycles. The van der Waals surface area contributed by atoms with Crippen LogP contribution in [-0.4, -0.2) is 34.5 Å². The lowest BCUT2D eigenvalue weighted by atomic mass is 10.3. The molecule has 0 radical (unpaired) electrons. The Morgan fingerprint density at radius 1 is 1.44 bits per heavy atom. The predicted molar refractivity (Wildman–Crippen MR) is 64.8 cm³/mol. The number of aromatic nitrogens is 1. The molecule has 2 rings (SSSR count). The fourth-order valence-electron chi connectivity index (χ4n) is 1.61. The van der Waals surface area contributed by atoms with Gasteiger partial charge in [-0.15, -0.1) is 0 Å². The molecule has 7 heteroatoms. The molecule has 2 N–H and O–H groups in total. The van der Waals surface area contributed by atoms with Gasteiger partial charge in [-0.3, -0.25) is 10.1 Å². The molecule has 1 saturated heterocycles. The molecule has 0 saturated carbocycles. The standard InChI is InChI=1S/C9H12N4O2S/c10-8-2-1-7(13(14)15)9(11-8)12-3-5-16-6-4-12/h1-2H,3-6H2,(H2,10,11). The summed E-state index contributed by atoms with van der Waals surface area (Å²) in [5.41, 5.74) is 5.60. The Kier molecular flexibility index (Phi) is 3.14. The first-order valence-corrected chi connectivity index (χ1v) is 6.07. The van der Waals surface area contributed by atoms with Gasteiger partial charge in [0.2, 0.25) is 5.82 Å². The van der Waals surface area contributed by atoms with Crippen LogP contribution in [-0.2, 0) is 0 Å². The molecule has 0 atom stereocenters. The van der Waals surface area contributed by atoms with Gasteiger partial charge < -0.3 is 10.6 Å². The van der Waals surface area contributed by atoms with Crippen molar-refractivity contribution in [2.45, 2.75) is 0 Å². The minimum atomic E-state index is -0.413. The Balaban J connectivity index is 2.36. The minimum absolute atomic E-state index is 0.0288. The molecular weight excluding hydrogens is 228 g/mol. The molecular formula is C9H12N4O2S. The third-order valence-electron chi connectivity index (χ3n) is 2.38. The van der Waals surface area contributed by atoms with Gasteiger partial charge in [-0.1, -0.05) is 0 Å². The average Bonchev–Trinajstić information content (AvgIpc) is 2.29. The van der Waals surface area contributed by atoms with Crippen LogP contribution in [0.1, 0.15) is 0 Å². The van der Waals surface area contributed by atoms with Crippen molar-refractivity contribution in [2.24, 2.45) is 0 Å². The van der Waals surface area contributed by atoms with E-state index in [9.17, 15) is 10.1 Å². The Morgan fingerprint density at radius 2 is 2.12 bits per heavy atom. The second kappa shape index (κ2) is 4.56. The highest BCUT2D eigenvalue weighted by Crippen LogP contribution is 2.28. The SMILES string of the molecule is Nc1ccc([N+](=O)[O-])c(N2CCSCC2)n1. The van der Waals surface area contributed by atoms with Crippen molar-refractivity contribution in [1.82, 2.24) is 4.98 Å². The zero-order chi connectivity index (χ0) is 11.5. The highest BCUT2D eigenvalue weighted by Gasteiger charge is 2.22. The van der Waals surface area contributed by atoms with E-state index in [1.165, 1.54) is 12.1 Å². The predicted octanol–water partition coefficient (Wildman–Crippen LogP) is 1.13. The number of hydrogen-bond acceptors (Lipinski definition) is 6. The van der Waals surface area contributed by atoms with Gasteiger partial charge in [0, 0.05) is 30.7 Å². The van der Waals surface area contributed by atoms with E-state index in [1.54, 1.807) is 0 Å². The third kappa shape index (κ3) is 2.19. The van der Waals surface area contributed by atoms with Crippen molar-refractivity contribution in [2.75, 3.05) is 35.2 Å². The molecule has 0 bridgehead atoms. The summed E-state index contributed by atoms with van der Waals surface area (Å²) in [4.78, 5) is 16.4. The summed E-state index contributed by atoms with van der Waals surface area (Å²) in [5.74, 6) is 2.64. The molecule has 1 aromatic rings. The van der Waals surface area contributed by atoms with Crippen molar-refractivity contribution >= 4 is 29.1 Å². The fraction of sp³-hybridized carbons (Fsp3) is 0.444. The maximum Gasteiger partial charge on any atom is 0.311 e. The van der Waals surface area contributed by atoms with E-state index >= 15 is 0 Å². The van der Waals surface area contributed by atoms with Crippen LogP contribution in [0.3, 0.4) is 0 Å². The van der Waals surface area contributed by atoms with Crippen molar-refractivity contribution in [3.63, 3.8) is 0 Å². The molecule has 1 aliphatic heterocycles. The van der Waals surface area contributed by atoms with E-state index < -0.39 is 4.92 Å². The lowest BCUT2D eigenvalue weighted by Gasteiger charge is -2.26. The number of nitrogen functional groups attached to an aromatic ring is 1. The number of anilines is 2. The molecule has 0 spiro atoms. The molecule has 0 amide bonds. The van der Waals surface area contributed by atoms with Gasteiger partial charge in [-0.05, 0) is 6.07 Å². The molecule has 1 fully saturated rings. The lowest BCUT2D eigenvalue weighted by molar-refractivity contribution is -0.384. The summed E-state index contributed by atoms with van der Waals surface area (Å²) in [6.45, 7) is 1.56. The van der Waals surface area contributed by atoms with E-state index in [0.717, 1.165) is 24.6 Å². The second-order valence-corrected chi connectivity index (χ2v) is 4.66. The van der Waals surface area contributed by atoms with E-state index in [-0.39, 0.29) is 5.69 Å². The van der Waals surface area contributed by atoms with Crippen molar-refractivity contribution < 1.29 is 4.92 Å². The third-order valence-corrected chi connectivity index (χ3v) is 3.33. The number of nitrogens with zero attached hydrogens (tertiary/aromatic N) is 3. The summed E-state index contributed by atoms with van der Waals surface area (Å²) < 4.78 is 0. The van der Waals surface area contributed by atoms with E-state index in [0.29, 0.717) is 11.6 Å². The van der Waals surface area contributed by atoms with Crippen molar-refractivity contribution in [3.05, 3.63) is 22.2 Å². The van der Waals surface area contributed by atoms with Gasteiger partial charge in [0.15, 0.2) is 0 Å². The zero-order valence-electron chi connectivity index (χ0n) is 8.63. The topological polar surface area (TPSA) is 85.3 Å². The normalized spacial score (nSPS) is 16.1. The maximum atomic E-state index is 10.9. The van der Waals surface area contributed by atoms with E-state index in [2.05, 4.69) is 4.98 Å². The highest BCUT2D eigenvalue weighted by molar-refractivity contribution is 7.99. The smallest absolute Gasteiger partial charge is 0.311 e. The molecule has 0 aromatic carbocycles. The first-order valence-electron chi connectivity index (χ1n) is 4.92. The first-order chi connectivity index (χ1) is 7.68. The van der Waals surface area contributed by atoms with Gasteiger partial charge in [0.05, 0.1) is 4.92 Å². The number of hydrogen-bond donors (Lipinski definition) is 1. The summed E-state index contributed by atoms with van der Waals surface area (Å²) >= 11 is 1.84. The van der Waals surface area contributed by atoms with Crippen LogP contribution in [0, 0.1) is 10.1 Å². The van der Waals surface area contributed by atoms with Crippen LogP contribution in [0.4, 0.5) is 17.3 Å². The van der Waals surface area contributed by atoms with Crippen molar-refractivity contribution in [1.29, 1.82) is 0 Å². The molecule has 2 heterocycles. The van der Waals surface area contributed by atoms with Crippen LogP contribution in [0.25, 0.3) is 0 Å². The first kappa shape index (κ1) is 11.0. The number of thioether (sulfide) groups is 1. The van der Waals surface area contributed by atoms with Crippen LogP contribution in [0.2, 0.25) is 0 Å². The van der Waals surface area contributed by atoms with Crippen LogP contribution in [0.5, 0.6) is 0 Å². The number of nitro groups is 1. The summed E-state index contributed by atoms with van der Waals surface area (Å²) in [6, 6.07) is 2.87. The van der Waals surface area contributed by atoms with Gasteiger partial charge in [-0.2, -0.15) is 11.8 Å². The Labute approximate surface area is 97.0 Å². The highest BCUT2D eigenvalue weighted by atomic mass is 32.2. The maximum absolute atomic E-state index is 10.9. The Morgan fingerprint density at radius 3 is 2.75 bits per heavy atom. The minimum Gasteiger partial charge on any atom is -0.384 e. The van der Waals surface area contributed by atoms with Crippen LogP contribution < -0.4 is 10.6 Å².